The number of carboxylic acid groups (broad SMARTS) is 1. The molecule has 0 bridgehead atoms. The molecule has 2 atom stereocenters. The number of aliphatic carboxylic acids is 1. The van der Waals surface area contributed by atoms with Crippen molar-refractivity contribution in [3.8, 4) is 0 Å². The van der Waals surface area contributed by atoms with E-state index in [0.29, 0.717) is 6.42 Å². The van der Waals surface area contributed by atoms with Gasteiger partial charge in [0.15, 0.2) is 0 Å². The lowest BCUT2D eigenvalue weighted by atomic mass is 10.1. The standard InChI is InChI=1S/C14H19N3O4/c1-2-10(9-6-4-3-5-7-9)16-14(21)17-11(13(19)20)8-12(15)18/h3-7,10-11H,2,8H2,1H3,(H2,15,18)(H,19,20)(H2,16,17,21)/t10?,11-/m1/s1. The molecule has 3 amide bonds. The largest absolute Gasteiger partial charge is 0.480 e. The number of carbonyl (C=O) groups is 3. The number of carbonyl (C=O) groups excluding carboxylic acids is 2. The maximum atomic E-state index is 11.8. The Bertz CT molecular complexity index is 504. The maximum absolute atomic E-state index is 11.8. The van der Waals surface area contributed by atoms with Gasteiger partial charge in [-0.25, -0.2) is 9.59 Å². The fourth-order valence-corrected chi connectivity index (χ4v) is 1.87. The number of primary amides is 1. The van der Waals surface area contributed by atoms with Gasteiger partial charge in [-0.1, -0.05) is 37.3 Å². The van der Waals surface area contributed by atoms with Crippen molar-refractivity contribution in [1.29, 1.82) is 0 Å². The second kappa shape index (κ2) is 7.88. The van der Waals surface area contributed by atoms with Gasteiger partial charge in [0.2, 0.25) is 5.91 Å². The Kier molecular flexibility index (Phi) is 6.19. The van der Waals surface area contributed by atoms with Gasteiger partial charge in [0.05, 0.1) is 12.5 Å². The molecule has 7 heteroatoms. The van der Waals surface area contributed by atoms with E-state index < -0.39 is 30.4 Å². The van der Waals surface area contributed by atoms with Crippen LogP contribution in [0.25, 0.3) is 0 Å². The lowest BCUT2D eigenvalue weighted by Gasteiger charge is -2.20. The number of hydrogen-bond acceptors (Lipinski definition) is 3. The summed E-state index contributed by atoms with van der Waals surface area (Å²) >= 11 is 0. The minimum Gasteiger partial charge on any atom is -0.480 e. The Morgan fingerprint density at radius 3 is 2.29 bits per heavy atom. The van der Waals surface area contributed by atoms with Crippen LogP contribution in [0.1, 0.15) is 31.4 Å². The molecule has 0 heterocycles. The third-order valence-electron chi connectivity index (χ3n) is 2.92. The smallest absolute Gasteiger partial charge is 0.326 e. The minimum absolute atomic E-state index is 0.241. The molecule has 0 aliphatic heterocycles. The molecule has 0 aliphatic carbocycles. The molecule has 21 heavy (non-hydrogen) atoms. The van der Waals surface area contributed by atoms with Crippen LogP contribution in [0.2, 0.25) is 0 Å². The third kappa shape index (κ3) is 5.52. The summed E-state index contributed by atoms with van der Waals surface area (Å²) in [7, 11) is 0. The predicted octanol–water partition coefficient (Wildman–Crippen LogP) is 0.766. The molecule has 0 spiro atoms. The van der Waals surface area contributed by atoms with E-state index in [1.165, 1.54) is 0 Å². The van der Waals surface area contributed by atoms with E-state index in [1.54, 1.807) is 0 Å². The van der Waals surface area contributed by atoms with Gasteiger partial charge >= 0.3 is 12.0 Å². The van der Waals surface area contributed by atoms with E-state index in [1.807, 2.05) is 37.3 Å². The SMILES string of the molecule is CCC(NC(=O)N[C@H](CC(N)=O)C(=O)O)c1ccccc1. The number of nitrogens with two attached hydrogens (primary N) is 1. The van der Waals surface area contributed by atoms with Crippen molar-refractivity contribution in [2.24, 2.45) is 5.73 Å². The number of nitrogens with one attached hydrogen (secondary N) is 2. The number of amides is 3. The van der Waals surface area contributed by atoms with Crippen LogP contribution in [0, 0.1) is 0 Å². The summed E-state index contributed by atoms with van der Waals surface area (Å²) in [5.74, 6) is -2.10. The quantitative estimate of drug-likeness (QED) is 0.593. The molecule has 0 saturated heterocycles. The van der Waals surface area contributed by atoms with E-state index in [9.17, 15) is 14.4 Å². The first-order valence-electron chi connectivity index (χ1n) is 6.57. The van der Waals surface area contributed by atoms with E-state index in [4.69, 9.17) is 10.8 Å². The highest BCUT2D eigenvalue weighted by atomic mass is 16.4. The zero-order valence-electron chi connectivity index (χ0n) is 11.7. The van der Waals surface area contributed by atoms with Crippen molar-refractivity contribution >= 4 is 17.9 Å². The maximum Gasteiger partial charge on any atom is 0.326 e. The molecule has 1 aromatic rings. The number of hydrogen-bond donors (Lipinski definition) is 4. The zero-order chi connectivity index (χ0) is 15.8. The van der Waals surface area contributed by atoms with Crippen LogP contribution >= 0.6 is 0 Å². The first kappa shape index (κ1) is 16.5. The van der Waals surface area contributed by atoms with Crippen LogP contribution in [-0.2, 0) is 9.59 Å². The van der Waals surface area contributed by atoms with Crippen molar-refractivity contribution in [2.45, 2.75) is 31.8 Å². The molecular weight excluding hydrogens is 274 g/mol. The van der Waals surface area contributed by atoms with Crippen LogP contribution in [0.4, 0.5) is 4.79 Å². The molecule has 0 aliphatic rings. The van der Waals surface area contributed by atoms with Crippen LogP contribution in [-0.4, -0.2) is 29.1 Å². The average molecular weight is 293 g/mol. The number of rotatable bonds is 7. The van der Waals surface area contributed by atoms with E-state index in [0.717, 1.165) is 5.56 Å². The van der Waals surface area contributed by atoms with E-state index in [-0.39, 0.29) is 6.04 Å². The Balaban J connectivity index is 2.66. The molecule has 0 saturated carbocycles. The van der Waals surface area contributed by atoms with Crippen molar-refractivity contribution in [1.82, 2.24) is 10.6 Å². The Hall–Kier alpha value is -2.57. The van der Waals surface area contributed by atoms with Crippen LogP contribution in [0.5, 0.6) is 0 Å². The molecular formula is C14H19N3O4. The minimum atomic E-state index is -1.34. The summed E-state index contributed by atoms with van der Waals surface area (Å²) in [6.45, 7) is 1.90. The van der Waals surface area contributed by atoms with Gasteiger partial charge in [-0.3, -0.25) is 4.79 Å². The lowest BCUT2D eigenvalue weighted by molar-refractivity contribution is -0.140. The van der Waals surface area contributed by atoms with Gasteiger partial charge < -0.3 is 21.5 Å². The Morgan fingerprint density at radius 1 is 1.19 bits per heavy atom. The zero-order valence-corrected chi connectivity index (χ0v) is 11.7. The molecule has 0 aromatic heterocycles. The number of benzene rings is 1. The molecule has 114 valence electrons. The topological polar surface area (TPSA) is 122 Å². The molecule has 0 fully saturated rings. The highest BCUT2D eigenvalue weighted by Crippen LogP contribution is 2.15. The Labute approximate surface area is 122 Å². The van der Waals surface area contributed by atoms with Gasteiger partial charge in [0, 0.05) is 0 Å². The fourth-order valence-electron chi connectivity index (χ4n) is 1.87. The van der Waals surface area contributed by atoms with Gasteiger partial charge in [0.25, 0.3) is 0 Å². The van der Waals surface area contributed by atoms with Gasteiger partial charge in [-0.05, 0) is 12.0 Å². The van der Waals surface area contributed by atoms with Crippen LogP contribution in [0.3, 0.4) is 0 Å². The summed E-state index contributed by atoms with van der Waals surface area (Å²) in [4.78, 5) is 33.6. The second-order valence-corrected chi connectivity index (χ2v) is 4.55. The summed E-state index contributed by atoms with van der Waals surface area (Å²) in [6.07, 6.45) is 0.190. The molecule has 1 unspecified atom stereocenters. The second-order valence-electron chi connectivity index (χ2n) is 4.55. The summed E-state index contributed by atoms with van der Waals surface area (Å²) in [5.41, 5.74) is 5.87. The first-order valence-corrected chi connectivity index (χ1v) is 6.57. The van der Waals surface area contributed by atoms with Crippen LogP contribution in [0.15, 0.2) is 30.3 Å². The van der Waals surface area contributed by atoms with Crippen molar-refractivity contribution in [2.75, 3.05) is 0 Å². The van der Waals surface area contributed by atoms with Gasteiger partial charge in [-0.15, -0.1) is 0 Å². The first-order chi connectivity index (χ1) is 9.93. The number of carboxylic acids is 1. The summed E-state index contributed by atoms with van der Waals surface area (Å²) < 4.78 is 0. The van der Waals surface area contributed by atoms with Crippen LogP contribution < -0.4 is 16.4 Å². The Morgan fingerprint density at radius 2 is 1.81 bits per heavy atom. The lowest BCUT2D eigenvalue weighted by Crippen LogP contribution is -2.48. The van der Waals surface area contributed by atoms with Gasteiger partial charge in [-0.2, -0.15) is 0 Å². The number of urea groups is 1. The van der Waals surface area contributed by atoms with Crippen molar-refractivity contribution < 1.29 is 19.5 Å². The van der Waals surface area contributed by atoms with Gasteiger partial charge in [0.1, 0.15) is 6.04 Å². The summed E-state index contributed by atoms with van der Waals surface area (Å²) in [5, 5.41) is 13.8. The fraction of sp³-hybridized carbons (Fsp3) is 0.357. The monoisotopic (exact) mass is 293 g/mol. The van der Waals surface area contributed by atoms with E-state index in [2.05, 4.69) is 10.6 Å². The van der Waals surface area contributed by atoms with Crippen molar-refractivity contribution in [3.63, 3.8) is 0 Å². The predicted molar refractivity (Wildman–Crippen MR) is 76.4 cm³/mol. The molecule has 5 N–H and O–H groups in total. The highest BCUT2D eigenvalue weighted by Gasteiger charge is 2.23. The van der Waals surface area contributed by atoms with E-state index >= 15 is 0 Å². The average Bonchev–Trinajstić information content (AvgIpc) is 2.44. The molecule has 0 radical (unpaired) electrons. The molecule has 1 aromatic carbocycles. The summed E-state index contributed by atoms with van der Waals surface area (Å²) in [6, 6.07) is 7.07. The highest BCUT2D eigenvalue weighted by molar-refractivity contribution is 5.87. The molecule has 1 rings (SSSR count). The molecule has 7 nitrogen and oxygen atoms in total. The van der Waals surface area contributed by atoms with Crippen molar-refractivity contribution in [3.05, 3.63) is 35.9 Å². The third-order valence-corrected chi connectivity index (χ3v) is 2.92. The normalized spacial score (nSPS) is 13.0.